The molecular formula is C24H40N4O3Si. The molecule has 1 aliphatic rings. The van der Waals surface area contributed by atoms with Crippen LogP contribution in [-0.2, 0) is 16.2 Å². The van der Waals surface area contributed by atoms with Crippen molar-refractivity contribution in [2.75, 3.05) is 31.1 Å². The molecule has 7 nitrogen and oxygen atoms in total. The zero-order valence-electron chi connectivity index (χ0n) is 21.1. The van der Waals surface area contributed by atoms with Crippen LogP contribution in [0.25, 0.3) is 11.0 Å². The van der Waals surface area contributed by atoms with E-state index in [1.165, 1.54) is 11.3 Å². The number of amides is 1. The van der Waals surface area contributed by atoms with Crippen LogP contribution in [0.5, 0.6) is 0 Å². The van der Waals surface area contributed by atoms with Crippen LogP contribution < -0.4 is 4.90 Å². The maximum absolute atomic E-state index is 12.5. The van der Waals surface area contributed by atoms with Crippen molar-refractivity contribution in [3.8, 4) is 0 Å². The molecule has 1 fully saturated rings. The van der Waals surface area contributed by atoms with E-state index in [4.69, 9.17) is 9.47 Å². The summed E-state index contributed by atoms with van der Waals surface area (Å²) in [4.78, 5) is 21.3. The van der Waals surface area contributed by atoms with Crippen LogP contribution in [0.3, 0.4) is 0 Å². The van der Waals surface area contributed by atoms with Crippen molar-refractivity contribution in [2.24, 2.45) is 0 Å². The topological polar surface area (TPSA) is 59.8 Å². The van der Waals surface area contributed by atoms with E-state index in [0.29, 0.717) is 19.8 Å². The summed E-state index contributed by atoms with van der Waals surface area (Å²) in [6, 6.07) is 5.73. The molecule has 0 saturated carbocycles. The summed E-state index contributed by atoms with van der Waals surface area (Å²) >= 11 is 0. The molecule has 1 amide bonds. The lowest BCUT2D eigenvalue weighted by molar-refractivity contribution is 0.0219. The zero-order valence-corrected chi connectivity index (χ0v) is 22.1. The highest BCUT2D eigenvalue weighted by atomic mass is 28.3. The second kappa shape index (κ2) is 9.43. The number of carbonyl (C=O) groups excluding carboxylic acids is 1. The maximum Gasteiger partial charge on any atom is 0.410 e. The van der Waals surface area contributed by atoms with Crippen molar-refractivity contribution >= 4 is 30.9 Å². The molecule has 1 saturated heterocycles. The Morgan fingerprint density at radius 2 is 1.94 bits per heavy atom. The summed E-state index contributed by atoms with van der Waals surface area (Å²) in [6.45, 7) is 20.5. The number of aryl methyl sites for hydroxylation is 1. The van der Waals surface area contributed by atoms with Gasteiger partial charge in [-0.2, -0.15) is 0 Å². The van der Waals surface area contributed by atoms with E-state index < -0.39 is 13.7 Å². The smallest absolute Gasteiger partial charge is 0.410 e. The van der Waals surface area contributed by atoms with Gasteiger partial charge in [0.15, 0.2) is 0 Å². The van der Waals surface area contributed by atoms with Gasteiger partial charge in [0.25, 0.3) is 0 Å². The van der Waals surface area contributed by atoms with Crippen LogP contribution in [0.15, 0.2) is 18.5 Å². The molecule has 1 unspecified atom stereocenters. The van der Waals surface area contributed by atoms with Gasteiger partial charge in [0.05, 0.1) is 17.4 Å². The number of nitrogens with zero attached hydrogens (tertiary/aromatic N) is 4. The average molecular weight is 461 g/mol. The van der Waals surface area contributed by atoms with Gasteiger partial charge in [-0.1, -0.05) is 19.6 Å². The fourth-order valence-electron chi connectivity index (χ4n) is 3.96. The van der Waals surface area contributed by atoms with Crippen molar-refractivity contribution < 1.29 is 14.3 Å². The molecule has 2 heterocycles. The molecule has 3 rings (SSSR count). The third-order valence-electron chi connectivity index (χ3n) is 5.75. The predicted molar refractivity (Wildman–Crippen MR) is 133 cm³/mol. The average Bonchev–Trinajstić information content (AvgIpc) is 3.04. The quantitative estimate of drug-likeness (QED) is 0.443. The normalized spacial score (nSPS) is 17.8. The van der Waals surface area contributed by atoms with Crippen molar-refractivity contribution in [2.45, 2.75) is 78.7 Å². The minimum Gasteiger partial charge on any atom is -0.444 e. The molecule has 2 aromatic rings. The Morgan fingerprint density at radius 3 is 2.56 bits per heavy atom. The summed E-state index contributed by atoms with van der Waals surface area (Å²) in [5, 5.41) is 0. The number of benzene rings is 1. The van der Waals surface area contributed by atoms with E-state index in [2.05, 4.69) is 60.1 Å². The Hall–Kier alpha value is -2.06. The number of aromatic nitrogens is 2. The first kappa shape index (κ1) is 24.6. The second-order valence-corrected chi connectivity index (χ2v) is 16.8. The highest BCUT2D eigenvalue weighted by molar-refractivity contribution is 6.76. The Bertz CT molecular complexity index is 945. The molecule has 1 aliphatic heterocycles. The Kier molecular flexibility index (Phi) is 7.24. The van der Waals surface area contributed by atoms with E-state index in [1.807, 2.05) is 32.0 Å². The number of fused-ring (bicyclic) bond motifs is 1. The van der Waals surface area contributed by atoms with Crippen LogP contribution >= 0.6 is 0 Å². The van der Waals surface area contributed by atoms with Crippen LogP contribution in [0.2, 0.25) is 25.7 Å². The van der Waals surface area contributed by atoms with Crippen molar-refractivity contribution in [3.63, 3.8) is 0 Å². The number of hydrogen-bond acceptors (Lipinski definition) is 5. The van der Waals surface area contributed by atoms with Gasteiger partial charge in [0.2, 0.25) is 0 Å². The lowest BCUT2D eigenvalue weighted by atomic mass is 10.1. The summed E-state index contributed by atoms with van der Waals surface area (Å²) in [5.41, 5.74) is 3.98. The molecule has 8 heteroatoms. The molecule has 178 valence electrons. The molecule has 1 aromatic carbocycles. The van der Waals surface area contributed by atoms with E-state index in [0.717, 1.165) is 30.2 Å². The number of carbonyl (C=O) groups is 1. The first-order chi connectivity index (χ1) is 14.8. The number of rotatable bonds is 6. The third kappa shape index (κ3) is 6.25. The predicted octanol–water partition coefficient (Wildman–Crippen LogP) is 5.10. The van der Waals surface area contributed by atoms with Crippen molar-refractivity contribution in [1.29, 1.82) is 0 Å². The number of ether oxygens (including phenoxy) is 2. The Morgan fingerprint density at radius 1 is 1.22 bits per heavy atom. The van der Waals surface area contributed by atoms with Gasteiger partial charge >= 0.3 is 6.09 Å². The van der Waals surface area contributed by atoms with Crippen LogP contribution in [0.1, 0.15) is 33.3 Å². The molecule has 0 spiro atoms. The molecular weight excluding hydrogens is 420 g/mol. The molecule has 1 aromatic heterocycles. The molecule has 1 atom stereocenters. The van der Waals surface area contributed by atoms with Crippen molar-refractivity contribution in [1.82, 2.24) is 14.5 Å². The standard InChI is InChI=1S/C24H40N4O3Si/c1-18-13-22-20(25-16-27(22)17-30-11-12-32(6,7)8)14-21(18)28-10-9-26(15-19(28)2)23(29)31-24(3,4)5/h13-14,16,19H,9-12,15,17H2,1-8H3. The van der Waals surface area contributed by atoms with Crippen LogP contribution in [0, 0.1) is 6.92 Å². The van der Waals surface area contributed by atoms with Crippen LogP contribution in [-0.4, -0.2) is 66.5 Å². The number of hydrogen-bond donors (Lipinski definition) is 0. The fraction of sp³-hybridized carbons (Fsp3) is 0.667. The number of anilines is 1. The molecule has 32 heavy (non-hydrogen) atoms. The Balaban J connectivity index is 1.68. The Labute approximate surface area is 193 Å². The van der Waals surface area contributed by atoms with Gasteiger partial charge in [-0.25, -0.2) is 9.78 Å². The summed E-state index contributed by atoms with van der Waals surface area (Å²) in [7, 11) is -1.09. The van der Waals surface area contributed by atoms with E-state index in [1.54, 1.807) is 0 Å². The molecule has 0 N–H and O–H groups in total. The number of imidazole rings is 1. The first-order valence-corrected chi connectivity index (χ1v) is 15.3. The monoisotopic (exact) mass is 460 g/mol. The highest BCUT2D eigenvalue weighted by Crippen LogP contribution is 2.29. The zero-order chi connectivity index (χ0) is 23.7. The molecule has 0 aliphatic carbocycles. The minimum absolute atomic E-state index is 0.194. The lowest BCUT2D eigenvalue weighted by Gasteiger charge is -2.42. The number of piperazine rings is 1. The lowest BCUT2D eigenvalue weighted by Crippen LogP contribution is -2.54. The van der Waals surface area contributed by atoms with Gasteiger partial charge < -0.3 is 23.8 Å². The highest BCUT2D eigenvalue weighted by Gasteiger charge is 2.30. The van der Waals surface area contributed by atoms with Crippen LogP contribution in [0.4, 0.5) is 10.5 Å². The summed E-state index contributed by atoms with van der Waals surface area (Å²) < 4.78 is 13.6. The summed E-state index contributed by atoms with van der Waals surface area (Å²) in [5.74, 6) is 0. The van der Waals surface area contributed by atoms with Gasteiger partial charge in [-0.05, 0) is 58.4 Å². The van der Waals surface area contributed by atoms with Crippen molar-refractivity contribution in [3.05, 3.63) is 24.0 Å². The summed E-state index contributed by atoms with van der Waals surface area (Å²) in [6.07, 6.45) is 1.63. The first-order valence-electron chi connectivity index (χ1n) is 11.6. The SMILES string of the molecule is Cc1cc2c(cc1N1CCN(C(=O)OC(C)(C)C)CC1C)ncn2COCC[Si](C)(C)C. The third-order valence-corrected chi connectivity index (χ3v) is 7.46. The van der Waals surface area contributed by atoms with E-state index in [9.17, 15) is 4.79 Å². The largest absolute Gasteiger partial charge is 0.444 e. The van der Waals surface area contributed by atoms with Gasteiger partial charge in [0.1, 0.15) is 12.3 Å². The minimum atomic E-state index is -1.09. The van der Waals surface area contributed by atoms with E-state index in [-0.39, 0.29) is 12.1 Å². The fourth-order valence-corrected chi connectivity index (χ4v) is 4.72. The second-order valence-electron chi connectivity index (χ2n) is 11.2. The van der Waals surface area contributed by atoms with Gasteiger partial charge in [0, 0.05) is 46.0 Å². The van der Waals surface area contributed by atoms with Gasteiger partial charge in [-0.3, -0.25) is 0 Å². The molecule has 0 radical (unpaired) electrons. The van der Waals surface area contributed by atoms with Gasteiger partial charge in [-0.15, -0.1) is 0 Å². The maximum atomic E-state index is 12.5. The molecule has 0 bridgehead atoms. The van der Waals surface area contributed by atoms with E-state index >= 15 is 0 Å².